The Labute approximate surface area is 124 Å². The number of benzene rings is 1. The number of hydrogen-bond donors (Lipinski definition) is 1. The number of thiocarbonyl (C=S) groups is 1. The van der Waals surface area contributed by atoms with Gasteiger partial charge >= 0.3 is 0 Å². The number of anilines is 2. The highest BCUT2D eigenvalue weighted by Gasteiger charge is 2.11. The maximum absolute atomic E-state index is 5.62. The Bertz CT molecular complexity index is 571. The Morgan fingerprint density at radius 1 is 1.25 bits per heavy atom. The molecule has 0 aliphatic carbocycles. The summed E-state index contributed by atoms with van der Waals surface area (Å²) < 4.78 is 0. The zero-order valence-corrected chi connectivity index (χ0v) is 12.3. The van der Waals surface area contributed by atoms with Crippen molar-refractivity contribution in [2.24, 2.45) is 5.73 Å². The van der Waals surface area contributed by atoms with Crippen molar-refractivity contribution < 1.29 is 0 Å². The molecule has 0 fully saturated rings. The molecular weight excluding hydrogens is 268 g/mol. The summed E-state index contributed by atoms with van der Waals surface area (Å²) in [6, 6.07) is 12.1. The zero-order chi connectivity index (χ0) is 14.4. The molecule has 20 heavy (non-hydrogen) atoms. The predicted octanol–water partition coefficient (Wildman–Crippen LogP) is 2.85. The normalized spacial score (nSPS) is 10.2. The fourth-order valence-corrected chi connectivity index (χ4v) is 2.02. The summed E-state index contributed by atoms with van der Waals surface area (Å²) in [7, 11) is 0. The van der Waals surface area contributed by atoms with Crippen LogP contribution in [0.1, 0.15) is 19.0 Å². The molecule has 2 rings (SSSR count). The average Bonchev–Trinajstić information content (AvgIpc) is 2.48. The minimum Gasteiger partial charge on any atom is -0.393 e. The van der Waals surface area contributed by atoms with Gasteiger partial charge in [0.25, 0.3) is 0 Å². The van der Waals surface area contributed by atoms with Crippen LogP contribution in [0.15, 0.2) is 42.7 Å². The van der Waals surface area contributed by atoms with E-state index in [1.54, 1.807) is 6.33 Å². The second-order valence-electron chi connectivity index (χ2n) is 4.42. The van der Waals surface area contributed by atoms with Crippen LogP contribution in [-0.2, 0) is 6.42 Å². The van der Waals surface area contributed by atoms with Crippen molar-refractivity contribution in [2.45, 2.75) is 19.8 Å². The van der Waals surface area contributed by atoms with E-state index in [0.717, 1.165) is 23.6 Å². The first kappa shape index (κ1) is 14.4. The Hall–Kier alpha value is -2.01. The minimum atomic E-state index is 0.510. The third-order valence-electron chi connectivity index (χ3n) is 3.00. The van der Waals surface area contributed by atoms with E-state index in [2.05, 4.69) is 21.8 Å². The van der Waals surface area contributed by atoms with E-state index in [0.29, 0.717) is 18.0 Å². The van der Waals surface area contributed by atoms with Crippen molar-refractivity contribution in [1.29, 1.82) is 0 Å². The first-order chi connectivity index (χ1) is 9.70. The molecule has 4 nitrogen and oxygen atoms in total. The first-order valence-electron chi connectivity index (χ1n) is 6.62. The molecule has 0 atom stereocenters. The monoisotopic (exact) mass is 286 g/mol. The highest BCUT2D eigenvalue weighted by Crippen LogP contribution is 2.23. The second-order valence-corrected chi connectivity index (χ2v) is 4.95. The average molecular weight is 286 g/mol. The van der Waals surface area contributed by atoms with Gasteiger partial charge in [0.2, 0.25) is 0 Å². The predicted molar refractivity (Wildman–Crippen MR) is 86.3 cm³/mol. The van der Waals surface area contributed by atoms with Gasteiger partial charge in [0.1, 0.15) is 12.1 Å². The molecule has 0 radical (unpaired) electrons. The Morgan fingerprint density at radius 2 is 2.00 bits per heavy atom. The number of aromatic nitrogens is 2. The highest BCUT2D eigenvalue weighted by atomic mass is 32.1. The van der Waals surface area contributed by atoms with Crippen molar-refractivity contribution in [1.82, 2.24) is 9.97 Å². The van der Waals surface area contributed by atoms with Gasteiger partial charge in [-0.15, -0.1) is 0 Å². The van der Waals surface area contributed by atoms with Crippen LogP contribution >= 0.6 is 12.2 Å². The van der Waals surface area contributed by atoms with Crippen LogP contribution in [0.3, 0.4) is 0 Å². The van der Waals surface area contributed by atoms with Crippen LogP contribution in [0, 0.1) is 0 Å². The maximum Gasteiger partial charge on any atom is 0.136 e. The smallest absolute Gasteiger partial charge is 0.136 e. The van der Waals surface area contributed by atoms with E-state index < -0.39 is 0 Å². The summed E-state index contributed by atoms with van der Waals surface area (Å²) in [4.78, 5) is 11.2. The molecule has 1 aromatic heterocycles. The zero-order valence-electron chi connectivity index (χ0n) is 11.5. The lowest BCUT2D eigenvalue weighted by molar-refractivity contribution is 0.916. The van der Waals surface area contributed by atoms with Crippen LogP contribution in [0.5, 0.6) is 0 Å². The Balaban J connectivity index is 2.32. The van der Waals surface area contributed by atoms with E-state index in [1.165, 1.54) is 0 Å². The first-order valence-corrected chi connectivity index (χ1v) is 7.03. The van der Waals surface area contributed by atoms with Crippen molar-refractivity contribution in [2.75, 3.05) is 11.4 Å². The van der Waals surface area contributed by atoms with Crippen LogP contribution in [0.25, 0.3) is 0 Å². The van der Waals surface area contributed by atoms with Crippen molar-refractivity contribution in [3.63, 3.8) is 0 Å². The quantitative estimate of drug-likeness (QED) is 0.828. The molecule has 0 bridgehead atoms. The van der Waals surface area contributed by atoms with Crippen LogP contribution in [0.2, 0.25) is 0 Å². The summed E-state index contributed by atoms with van der Waals surface area (Å²) in [5.41, 5.74) is 7.72. The van der Waals surface area contributed by atoms with Gasteiger partial charge < -0.3 is 10.6 Å². The molecule has 0 saturated heterocycles. The minimum absolute atomic E-state index is 0.510. The van der Waals surface area contributed by atoms with E-state index >= 15 is 0 Å². The van der Waals surface area contributed by atoms with E-state index in [1.807, 2.05) is 36.4 Å². The number of nitrogens with two attached hydrogens (primary N) is 1. The molecule has 2 N–H and O–H groups in total. The molecule has 5 heteroatoms. The number of hydrogen-bond acceptors (Lipinski definition) is 4. The molecular formula is C15H18N4S. The molecule has 0 saturated carbocycles. The van der Waals surface area contributed by atoms with Crippen molar-refractivity contribution in [3.8, 4) is 0 Å². The van der Waals surface area contributed by atoms with E-state index in [-0.39, 0.29) is 0 Å². The molecule has 1 heterocycles. The third-order valence-corrected chi connectivity index (χ3v) is 3.20. The molecule has 0 spiro atoms. The summed E-state index contributed by atoms with van der Waals surface area (Å²) in [6.07, 6.45) is 3.13. The second kappa shape index (κ2) is 6.96. The third kappa shape index (κ3) is 3.74. The van der Waals surface area contributed by atoms with Gasteiger partial charge in [-0.1, -0.05) is 37.3 Å². The van der Waals surface area contributed by atoms with Gasteiger partial charge in [-0.2, -0.15) is 0 Å². The van der Waals surface area contributed by atoms with Gasteiger partial charge in [-0.3, -0.25) is 0 Å². The van der Waals surface area contributed by atoms with Gasteiger partial charge in [0.15, 0.2) is 0 Å². The molecule has 0 aliphatic heterocycles. The lowest BCUT2D eigenvalue weighted by Crippen LogP contribution is -2.24. The maximum atomic E-state index is 5.62. The van der Waals surface area contributed by atoms with Gasteiger partial charge in [-0.25, -0.2) is 9.97 Å². The van der Waals surface area contributed by atoms with Crippen LogP contribution < -0.4 is 10.6 Å². The topological polar surface area (TPSA) is 55.0 Å². The Morgan fingerprint density at radius 3 is 2.65 bits per heavy atom. The summed E-state index contributed by atoms with van der Waals surface area (Å²) in [5.74, 6) is 0.874. The van der Waals surface area contributed by atoms with Crippen LogP contribution in [-0.4, -0.2) is 21.5 Å². The number of para-hydroxylation sites is 1. The molecule has 0 unspecified atom stereocenters. The highest BCUT2D eigenvalue weighted by molar-refractivity contribution is 7.80. The SMILES string of the molecule is CCc1cc(N(CCC(N)=S)c2ccccc2)ncn1. The molecule has 1 aromatic carbocycles. The van der Waals surface area contributed by atoms with Crippen LogP contribution in [0.4, 0.5) is 11.5 Å². The summed E-state index contributed by atoms with van der Waals surface area (Å²) in [6.45, 7) is 2.79. The lowest BCUT2D eigenvalue weighted by atomic mass is 10.2. The van der Waals surface area contributed by atoms with E-state index in [9.17, 15) is 0 Å². The number of nitrogens with zero attached hydrogens (tertiary/aromatic N) is 3. The summed E-state index contributed by atoms with van der Waals surface area (Å²) in [5, 5.41) is 0. The van der Waals surface area contributed by atoms with Gasteiger partial charge in [-0.05, 0) is 18.6 Å². The molecule has 0 amide bonds. The van der Waals surface area contributed by atoms with Crippen molar-refractivity contribution in [3.05, 3.63) is 48.4 Å². The van der Waals surface area contributed by atoms with E-state index in [4.69, 9.17) is 18.0 Å². The fourth-order valence-electron chi connectivity index (χ4n) is 1.93. The lowest BCUT2D eigenvalue weighted by Gasteiger charge is -2.23. The molecule has 2 aromatic rings. The standard InChI is InChI=1S/C15H18N4S/c1-2-12-10-15(18-11-17-12)19(9-8-14(16)20)13-6-4-3-5-7-13/h3-7,10-11H,2,8-9H2,1H3,(H2,16,20). The van der Waals surface area contributed by atoms with Gasteiger partial charge in [0.05, 0.1) is 4.99 Å². The fraction of sp³-hybridized carbons (Fsp3) is 0.267. The van der Waals surface area contributed by atoms with Gasteiger partial charge in [0, 0.05) is 30.4 Å². The molecule has 104 valence electrons. The number of aryl methyl sites for hydroxylation is 1. The molecule has 0 aliphatic rings. The Kier molecular flexibility index (Phi) is 5.01. The summed E-state index contributed by atoms with van der Waals surface area (Å²) >= 11 is 4.98. The largest absolute Gasteiger partial charge is 0.393 e. The van der Waals surface area contributed by atoms with Crippen molar-refractivity contribution >= 4 is 28.7 Å². The number of rotatable bonds is 6.